The molecule has 0 amide bonds. The van der Waals surface area contributed by atoms with Crippen molar-refractivity contribution in [2.45, 2.75) is 19.9 Å². The van der Waals surface area contributed by atoms with Crippen LogP contribution >= 0.6 is 0 Å². The van der Waals surface area contributed by atoms with Crippen LogP contribution in [0.3, 0.4) is 0 Å². The molecule has 3 aliphatic rings. The summed E-state index contributed by atoms with van der Waals surface area (Å²) in [5.41, 5.74) is 9.46. The Kier molecular flexibility index (Phi) is 4.40. The number of benzene rings is 3. The number of nitrogens with zero attached hydrogens (tertiary/aromatic N) is 2. The fraction of sp³-hybridized carbons (Fsp3) is 0.125. The average molecular weight is 455 g/mol. The summed E-state index contributed by atoms with van der Waals surface area (Å²) < 4.78 is 6.26. The lowest BCUT2D eigenvalue weighted by molar-refractivity contribution is 0.297. The van der Waals surface area contributed by atoms with Crippen LogP contribution in [0.5, 0.6) is 0 Å². The number of hydrogen-bond acceptors (Lipinski definition) is 3. The van der Waals surface area contributed by atoms with E-state index in [-0.39, 0.29) is 6.04 Å². The molecule has 0 fully saturated rings. The number of fused-ring (bicyclic) bond motifs is 6. The molecule has 1 atom stereocenters. The average Bonchev–Trinajstić information content (AvgIpc) is 3.25. The SMILES string of the molecule is CC1=CC2c3cc4c(cc3C=C(N3CC(C)=CC=C3c3ccccc3)N2C=C1)oc1ccccc14. The Hall–Kier alpha value is -4.24. The Labute approximate surface area is 205 Å². The largest absolute Gasteiger partial charge is 0.456 e. The maximum atomic E-state index is 6.26. The van der Waals surface area contributed by atoms with Crippen molar-refractivity contribution >= 4 is 33.7 Å². The highest BCUT2D eigenvalue weighted by molar-refractivity contribution is 6.06. The van der Waals surface area contributed by atoms with Gasteiger partial charge in [0.25, 0.3) is 0 Å². The molecule has 0 saturated heterocycles. The van der Waals surface area contributed by atoms with Gasteiger partial charge in [-0.25, -0.2) is 0 Å². The Balaban J connectivity index is 1.44. The van der Waals surface area contributed by atoms with Gasteiger partial charge in [-0.1, -0.05) is 71.8 Å². The van der Waals surface area contributed by atoms with Crippen molar-refractivity contribution in [3.05, 3.63) is 131 Å². The van der Waals surface area contributed by atoms with Crippen molar-refractivity contribution in [3.8, 4) is 0 Å². The Morgan fingerprint density at radius 2 is 1.69 bits per heavy atom. The van der Waals surface area contributed by atoms with E-state index in [9.17, 15) is 0 Å². The van der Waals surface area contributed by atoms with Gasteiger partial charge < -0.3 is 14.2 Å². The molecular weight excluding hydrogens is 428 g/mol. The first kappa shape index (κ1) is 20.2. The van der Waals surface area contributed by atoms with Crippen molar-refractivity contribution in [1.29, 1.82) is 0 Å². The number of furan rings is 1. The molecule has 1 unspecified atom stereocenters. The van der Waals surface area contributed by atoms with E-state index >= 15 is 0 Å². The minimum atomic E-state index is 0.135. The first-order valence-electron chi connectivity index (χ1n) is 12.2. The normalized spacial score (nSPS) is 19.2. The van der Waals surface area contributed by atoms with Crippen LogP contribution < -0.4 is 0 Å². The van der Waals surface area contributed by atoms with Crippen molar-refractivity contribution < 1.29 is 4.42 Å². The van der Waals surface area contributed by atoms with Gasteiger partial charge in [-0.2, -0.15) is 0 Å². The summed E-state index contributed by atoms with van der Waals surface area (Å²) in [7, 11) is 0. The molecule has 35 heavy (non-hydrogen) atoms. The zero-order chi connectivity index (χ0) is 23.5. The van der Waals surface area contributed by atoms with Gasteiger partial charge in [-0.3, -0.25) is 0 Å². The van der Waals surface area contributed by atoms with Crippen LogP contribution in [0.25, 0.3) is 33.7 Å². The summed E-state index contributed by atoms with van der Waals surface area (Å²) in [5, 5.41) is 2.35. The van der Waals surface area contributed by atoms with Gasteiger partial charge in [0.15, 0.2) is 0 Å². The molecular formula is C32H26N2O. The topological polar surface area (TPSA) is 19.6 Å². The van der Waals surface area contributed by atoms with Gasteiger partial charge >= 0.3 is 0 Å². The van der Waals surface area contributed by atoms with E-state index in [2.05, 4.69) is 121 Å². The lowest BCUT2D eigenvalue weighted by atomic mass is 9.90. The van der Waals surface area contributed by atoms with E-state index in [0.29, 0.717) is 0 Å². The number of rotatable bonds is 2. The number of allylic oxidation sites excluding steroid dienone is 4. The van der Waals surface area contributed by atoms with Crippen molar-refractivity contribution in [2.24, 2.45) is 0 Å². The first-order valence-corrected chi connectivity index (χ1v) is 12.2. The van der Waals surface area contributed by atoms with E-state index in [0.717, 1.165) is 17.7 Å². The quantitative estimate of drug-likeness (QED) is 0.306. The maximum Gasteiger partial charge on any atom is 0.136 e. The summed E-state index contributed by atoms with van der Waals surface area (Å²) >= 11 is 0. The Morgan fingerprint density at radius 1 is 0.857 bits per heavy atom. The molecule has 4 aromatic rings. The highest BCUT2D eigenvalue weighted by atomic mass is 16.3. The Morgan fingerprint density at radius 3 is 2.57 bits per heavy atom. The van der Waals surface area contributed by atoms with Gasteiger partial charge in [0.05, 0.1) is 6.04 Å². The molecule has 170 valence electrons. The van der Waals surface area contributed by atoms with E-state index in [1.807, 2.05) is 6.07 Å². The Bertz CT molecular complexity index is 1650. The van der Waals surface area contributed by atoms with Crippen LogP contribution in [-0.4, -0.2) is 16.3 Å². The molecule has 0 bridgehead atoms. The van der Waals surface area contributed by atoms with E-state index < -0.39 is 0 Å². The molecule has 3 aliphatic heterocycles. The molecule has 1 aromatic heterocycles. The van der Waals surface area contributed by atoms with Crippen LogP contribution in [0.15, 0.2) is 119 Å². The summed E-state index contributed by atoms with van der Waals surface area (Å²) in [6, 6.07) is 23.7. The highest BCUT2D eigenvalue weighted by Crippen LogP contribution is 2.44. The molecule has 3 heteroatoms. The van der Waals surface area contributed by atoms with E-state index in [1.165, 1.54) is 50.1 Å². The summed E-state index contributed by atoms with van der Waals surface area (Å²) in [6.07, 6.45) is 13.6. The molecule has 0 saturated carbocycles. The van der Waals surface area contributed by atoms with Crippen molar-refractivity contribution in [2.75, 3.05) is 6.54 Å². The lowest BCUT2D eigenvalue weighted by Gasteiger charge is -2.44. The third-order valence-electron chi connectivity index (χ3n) is 7.24. The van der Waals surface area contributed by atoms with Gasteiger partial charge in [0, 0.05) is 29.2 Å². The smallest absolute Gasteiger partial charge is 0.136 e. The zero-order valence-corrected chi connectivity index (χ0v) is 19.9. The third kappa shape index (κ3) is 3.19. The van der Waals surface area contributed by atoms with Gasteiger partial charge in [-0.15, -0.1) is 0 Å². The molecule has 4 heterocycles. The van der Waals surface area contributed by atoms with Crippen LogP contribution in [0.4, 0.5) is 0 Å². The lowest BCUT2D eigenvalue weighted by Crippen LogP contribution is -2.38. The van der Waals surface area contributed by atoms with E-state index in [4.69, 9.17) is 4.42 Å². The van der Waals surface area contributed by atoms with E-state index in [1.54, 1.807) is 0 Å². The number of hydrogen-bond donors (Lipinski definition) is 0. The molecule has 0 aliphatic carbocycles. The van der Waals surface area contributed by atoms with Gasteiger partial charge in [0.2, 0.25) is 0 Å². The fourth-order valence-electron chi connectivity index (χ4n) is 5.51. The van der Waals surface area contributed by atoms with Crippen LogP contribution in [0, 0.1) is 0 Å². The number of para-hydroxylation sites is 1. The monoisotopic (exact) mass is 454 g/mol. The van der Waals surface area contributed by atoms with Crippen LogP contribution in [0.2, 0.25) is 0 Å². The van der Waals surface area contributed by atoms with Crippen LogP contribution in [-0.2, 0) is 0 Å². The van der Waals surface area contributed by atoms with Gasteiger partial charge in [-0.05, 0) is 67.0 Å². The molecule has 0 radical (unpaired) electrons. The molecule has 7 rings (SSSR count). The van der Waals surface area contributed by atoms with Crippen LogP contribution in [0.1, 0.15) is 36.6 Å². The molecule has 3 aromatic carbocycles. The molecule has 0 spiro atoms. The second-order valence-corrected chi connectivity index (χ2v) is 9.67. The standard InChI is InChI=1S/C32H26N2O/c1-21-14-15-33-29(16-21)26-19-27-25-10-6-7-11-30(25)35-31(27)17-24(26)18-32(33)34-20-22(2)12-13-28(34)23-8-4-3-5-9-23/h3-19,29H,20H2,1-2H3. The minimum Gasteiger partial charge on any atom is -0.456 e. The third-order valence-corrected chi connectivity index (χ3v) is 7.24. The molecule has 3 nitrogen and oxygen atoms in total. The predicted octanol–water partition coefficient (Wildman–Crippen LogP) is 8.02. The second kappa shape index (κ2) is 7.64. The zero-order valence-electron chi connectivity index (χ0n) is 19.9. The maximum absolute atomic E-state index is 6.26. The predicted molar refractivity (Wildman–Crippen MR) is 144 cm³/mol. The van der Waals surface area contributed by atoms with Crippen molar-refractivity contribution in [3.63, 3.8) is 0 Å². The van der Waals surface area contributed by atoms with Gasteiger partial charge in [0.1, 0.15) is 17.0 Å². The molecule has 0 N–H and O–H groups in total. The summed E-state index contributed by atoms with van der Waals surface area (Å²) in [5.74, 6) is 1.18. The second-order valence-electron chi connectivity index (χ2n) is 9.67. The van der Waals surface area contributed by atoms with Crippen molar-refractivity contribution in [1.82, 2.24) is 9.80 Å². The minimum absolute atomic E-state index is 0.135. The first-order chi connectivity index (χ1) is 17.2. The summed E-state index contributed by atoms with van der Waals surface area (Å²) in [4.78, 5) is 4.86. The fourth-order valence-corrected chi connectivity index (χ4v) is 5.51. The summed E-state index contributed by atoms with van der Waals surface area (Å²) in [6.45, 7) is 5.24. The highest BCUT2D eigenvalue weighted by Gasteiger charge is 2.33.